The summed E-state index contributed by atoms with van der Waals surface area (Å²) >= 11 is 3.31. The van der Waals surface area contributed by atoms with Gasteiger partial charge in [-0.25, -0.2) is 8.42 Å². The van der Waals surface area contributed by atoms with Gasteiger partial charge in [0.1, 0.15) is 0 Å². The Balaban J connectivity index is 1.55. The molecule has 6 nitrogen and oxygen atoms in total. The molecule has 0 saturated carbocycles. The van der Waals surface area contributed by atoms with Gasteiger partial charge in [0.05, 0.1) is 11.4 Å². The summed E-state index contributed by atoms with van der Waals surface area (Å²) in [5.41, 5.74) is 1.86. The summed E-state index contributed by atoms with van der Waals surface area (Å²) in [4.78, 5) is 14.5. The summed E-state index contributed by atoms with van der Waals surface area (Å²) in [6, 6.07) is 14.4. The molecular weight excluding hydrogens is 430 g/mol. The van der Waals surface area contributed by atoms with E-state index in [-0.39, 0.29) is 17.3 Å². The molecule has 1 saturated heterocycles. The van der Waals surface area contributed by atoms with E-state index in [2.05, 4.69) is 21.2 Å². The van der Waals surface area contributed by atoms with Crippen LogP contribution >= 0.6 is 15.9 Å². The molecule has 0 aliphatic carbocycles. The van der Waals surface area contributed by atoms with Crippen LogP contribution < -0.4 is 5.32 Å². The molecule has 0 unspecified atom stereocenters. The minimum absolute atomic E-state index is 0.0936. The molecule has 2 aromatic carbocycles. The lowest BCUT2D eigenvalue weighted by Gasteiger charge is -2.33. The molecular formula is C19H22BrN3O3S. The average Bonchev–Trinajstić information content (AvgIpc) is 2.62. The van der Waals surface area contributed by atoms with Gasteiger partial charge in [0.25, 0.3) is 0 Å². The van der Waals surface area contributed by atoms with Crippen molar-refractivity contribution in [2.45, 2.75) is 11.8 Å². The van der Waals surface area contributed by atoms with E-state index < -0.39 is 10.0 Å². The second kappa shape index (κ2) is 8.52. The van der Waals surface area contributed by atoms with E-state index in [0.717, 1.165) is 15.7 Å². The van der Waals surface area contributed by atoms with Gasteiger partial charge in [0.15, 0.2) is 0 Å². The first-order chi connectivity index (χ1) is 12.8. The number of carbonyl (C=O) groups excluding carboxylic acids is 1. The fourth-order valence-electron chi connectivity index (χ4n) is 3.03. The van der Waals surface area contributed by atoms with Gasteiger partial charge in [-0.1, -0.05) is 34.1 Å². The molecule has 0 bridgehead atoms. The van der Waals surface area contributed by atoms with E-state index in [1.807, 2.05) is 36.1 Å². The Morgan fingerprint density at radius 3 is 2.44 bits per heavy atom. The number of benzene rings is 2. The molecule has 1 aliphatic heterocycles. The van der Waals surface area contributed by atoms with Crippen molar-refractivity contribution in [3.05, 3.63) is 58.6 Å². The molecule has 8 heteroatoms. The van der Waals surface area contributed by atoms with E-state index in [4.69, 9.17) is 0 Å². The number of amides is 1. The number of sulfonamides is 1. The number of halogens is 1. The third-order valence-corrected chi connectivity index (χ3v) is 6.82. The number of anilines is 1. The number of nitrogens with zero attached hydrogens (tertiary/aromatic N) is 2. The second-order valence-corrected chi connectivity index (χ2v) is 9.41. The lowest BCUT2D eigenvalue weighted by Crippen LogP contribution is -2.50. The number of carbonyl (C=O) groups is 1. The topological polar surface area (TPSA) is 69.7 Å². The quantitative estimate of drug-likeness (QED) is 0.758. The highest BCUT2D eigenvalue weighted by Crippen LogP contribution is 2.21. The molecule has 0 aromatic heterocycles. The van der Waals surface area contributed by atoms with Gasteiger partial charge < -0.3 is 5.32 Å². The molecule has 0 radical (unpaired) electrons. The van der Waals surface area contributed by atoms with Crippen LogP contribution in [0.1, 0.15) is 5.56 Å². The van der Waals surface area contributed by atoms with Gasteiger partial charge in [0.2, 0.25) is 15.9 Å². The van der Waals surface area contributed by atoms with Crippen molar-refractivity contribution in [1.29, 1.82) is 0 Å². The third-order valence-electron chi connectivity index (χ3n) is 4.43. The van der Waals surface area contributed by atoms with Crippen LogP contribution in [0.25, 0.3) is 0 Å². The Morgan fingerprint density at radius 2 is 1.78 bits per heavy atom. The zero-order valence-corrected chi connectivity index (χ0v) is 17.5. The minimum atomic E-state index is -3.51. The van der Waals surface area contributed by atoms with Crippen molar-refractivity contribution < 1.29 is 13.2 Å². The Bertz CT molecular complexity index is 925. The predicted molar refractivity (Wildman–Crippen MR) is 109 cm³/mol. The highest BCUT2D eigenvalue weighted by Gasteiger charge is 2.29. The summed E-state index contributed by atoms with van der Waals surface area (Å²) in [6.45, 7) is 4.00. The van der Waals surface area contributed by atoms with Crippen LogP contribution in [0.4, 0.5) is 5.69 Å². The largest absolute Gasteiger partial charge is 0.325 e. The number of hydrogen-bond donors (Lipinski definition) is 1. The van der Waals surface area contributed by atoms with Crippen LogP contribution in [0, 0.1) is 6.92 Å². The number of nitrogens with one attached hydrogen (secondary N) is 1. The van der Waals surface area contributed by atoms with Crippen LogP contribution in [-0.2, 0) is 14.8 Å². The molecule has 1 N–H and O–H groups in total. The zero-order chi connectivity index (χ0) is 19.4. The van der Waals surface area contributed by atoms with Crippen LogP contribution in [0.15, 0.2) is 57.9 Å². The predicted octanol–water partition coefficient (Wildman–Crippen LogP) is 2.70. The summed E-state index contributed by atoms with van der Waals surface area (Å²) in [7, 11) is -3.51. The summed E-state index contributed by atoms with van der Waals surface area (Å²) < 4.78 is 27.7. The Labute approximate surface area is 168 Å². The van der Waals surface area contributed by atoms with Crippen molar-refractivity contribution in [2.24, 2.45) is 0 Å². The van der Waals surface area contributed by atoms with Crippen molar-refractivity contribution in [3.63, 3.8) is 0 Å². The Kier molecular flexibility index (Phi) is 6.31. The molecule has 144 valence electrons. The minimum Gasteiger partial charge on any atom is -0.325 e. The van der Waals surface area contributed by atoms with Crippen LogP contribution in [0.3, 0.4) is 0 Å². The maximum absolute atomic E-state index is 12.7. The van der Waals surface area contributed by atoms with Crippen molar-refractivity contribution >= 4 is 37.5 Å². The molecule has 3 rings (SSSR count). The first-order valence-corrected chi connectivity index (χ1v) is 10.9. The van der Waals surface area contributed by atoms with Crippen molar-refractivity contribution in [3.8, 4) is 0 Å². The highest BCUT2D eigenvalue weighted by molar-refractivity contribution is 9.10. The van der Waals surface area contributed by atoms with E-state index in [0.29, 0.717) is 26.2 Å². The van der Waals surface area contributed by atoms with Gasteiger partial charge in [-0.3, -0.25) is 9.69 Å². The number of rotatable bonds is 5. The van der Waals surface area contributed by atoms with Gasteiger partial charge in [-0.2, -0.15) is 4.31 Å². The molecule has 1 amide bonds. The fourth-order valence-corrected chi connectivity index (χ4v) is 5.05. The summed E-state index contributed by atoms with van der Waals surface area (Å²) in [6.07, 6.45) is 0. The molecule has 1 aliphatic rings. The SMILES string of the molecule is Cc1cccc(NC(=O)CN2CCN(S(=O)(=O)c3cccc(Br)c3)CC2)c1. The number of aryl methyl sites for hydroxylation is 1. The molecule has 0 spiro atoms. The molecule has 27 heavy (non-hydrogen) atoms. The normalized spacial score (nSPS) is 16.2. The first-order valence-electron chi connectivity index (χ1n) is 8.69. The van der Waals surface area contributed by atoms with Crippen LogP contribution in [-0.4, -0.2) is 56.3 Å². The maximum Gasteiger partial charge on any atom is 0.243 e. The first kappa shape index (κ1) is 20.0. The van der Waals surface area contributed by atoms with E-state index in [1.165, 1.54) is 4.31 Å². The Morgan fingerprint density at radius 1 is 1.07 bits per heavy atom. The second-order valence-electron chi connectivity index (χ2n) is 6.56. The average molecular weight is 452 g/mol. The fraction of sp³-hybridized carbons (Fsp3) is 0.316. The summed E-state index contributed by atoms with van der Waals surface area (Å²) in [5, 5.41) is 2.89. The highest BCUT2D eigenvalue weighted by atomic mass is 79.9. The van der Waals surface area contributed by atoms with E-state index in [9.17, 15) is 13.2 Å². The molecule has 2 aromatic rings. The van der Waals surface area contributed by atoms with Crippen LogP contribution in [0.2, 0.25) is 0 Å². The van der Waals surface area contributed by atoms with Crippen molar-refractivity contribution in [1.82, 2.24) is 9.21 Å². The lowest BCUT2D eigenvalue weighted by molar-refractivity contribution is -0.117. The zero-order valence-electron chi connectivity index (χ0n) is 15.1. The van der Waals surface area contributed by atoms with Gasteiger partial charge in [-0.05, 0) is 42.8 Å². The molecule has 0 atom stereocenters. The van der Waals surface area contributed by atoms with E-state index >= 15 is 0 Å². The van der Waals surface area contributed by atoms with Gasteiger partial charge >= 0.3 is 0 Å². The van der Waals surface area contributed by atoms with Gasteiger partial charge in [-0.15, -0.1) is 0 Å². The lowest BCUT2D eigenvalue weighted by atomic mass is 10.2. The third kappa shape index (κ3) is 5.16. The maximum atomic E-state index is 12.7. The van der Waals surface area contributed by atoms with Gasteiger partial charge in [0, 0.05) is 36.3 Å². The standard InChI is InChI=1S/C19H22BrN3O3S/c1-15-4-2-6-17(12-15)21-19(24)14-22-8-10-23(11-9-22)27(25,26)18-7-3-5-16(20)13-18/h2-7,12-13H,8-11,14H2,1H3,(H,21,24). The summed E-state index contributed by atoms with van der Waals surface area (Å²) in [5.74, 6) is -0.0936. The van der Waals surface area contributed by atoms with Crippen molar-refractivity contribution in [2.75, 3.05) is 38.0 Å². The Hall–Kier alpha value is -1.74. The van der Waals surface area contributed by atoms with E-state index in [1.54, 1.807) is 24.3 Å². The number of hydrogen-bond acceptors (Lipinski definition) is 4. The smallest absolute Gasteiger partial charge is 0.243 e. The monoisotopic (exact) mass is 451 g/mol. The molecule has 1 heterocycles. The van der Waals surface area contributed by atoms with Crippen LogP contribution in [0.5, 0.6) is 0 Å². The molecule has 1 fully saturated rings. The number of piperazine rings is 1.